The van der Waals surface area contributed by atoms with Crippen LogP contribution >= 0.6 is 0 Å². The predicted octanol–water partition coefficient (Wildman–Crippen LogP) is -0.265. The summed E-state index contributed by atoms with van der Waals surface area (Å²) in [7, 11) is 0. The van der Waals surface area contributed by atoms with Crippen molar-refractivity contribution in [1.82, 2.24) is 20.6 Å². The van der Waals surface area contributed by atoms with Crippen LogP contribution in [-0.4, -0.2) is 33.9 Å². The van der Waals surface area contributed by atoms with Gasteiger partial charge in [-0.1, -0.05) is 13.3 Å². The number of amides is 2. The van der Waals surface area contributed by atoms with Gasteiger partial charge in [-0.25, -0.2) is 4.98 Å². The number of H-pyrrole nitrogens is 1. The van der Waals surface area contributed by atoms with Crippen LogP contribution in [0.1, 0.15) is 25.5 Å². The van der Waals surface area contributed by atoms with Crippen LogP contribution in [0.2, 0.25) is 0 Å². The molecular formula is C11H16N4O2. The van der Waals surface area contributed by atoms with Crippen molar-refractivity contribution in [2.24, 2.45) is 0 Å². The highest BCUT2D eigenvalue weighted by Gasteiger charge is 2.32. The molecule has 2 unspecified atom stereocenters. The van der Waals surface area contributed by atoms with Crippen LogP contribution in [0.3, 0.4) is 0 Å². The Balaban J connectivity index is 1.98. The molecule has 92 valence electrons. The summed E-state index contributed by atoms with van der Waals surface area (Å²) in [6.45, 7) is 1.98. The van der Waals surface area contributed by atoms with Crippen molar-refractivity contribution in [2.75, 3.05) is 0 Å². The molecule has 3 N–H and O–H groups in total. The van der Waals surface area contributed by atoms with Gasteiger partial charge in [-0.2, -0.15) is 0 Å². The summed E-state index contributed by atoms with van der Waals surface area (Å²) in [6.07, 6.45) is 5.18. The fraction of sp³-hybridized carbons (Fsp3) is 0.545. The fourth-order valence-corrected chi connectivity index (χ4v) is 1.93. The van der Waals surface area contributed by atoms with Gasteiger partial charge in [0.2, 0.25) is 11.8 Å². The Bertz CT molecular complexity index is 402. The summed E-state index contributed by atoms with van der Waals surface area (Å²) in [5.41, 5.74) is 0.833. The molecule has 2 amide bonds. The van der Waals surface area contributed by atoms with E-state index in [1.54, 1.807) is 12.5 Å². The minimum Gasteiger partial charge on any atom is -0.348 e. The molecule has 1 saturated heterocycles. The summed E-state index contributed by atoms with van der Waals surface area (Å²) < 4.78 is 0. The highest BCUT2D eigenvalue weighted by atomic mass is 16.2. The lowest BCUT2D eigenvalue weighted by molar-refractivity contribution is -0.136. The molecular weight excluding hydrogens is 220 g/mol. The number of nitrogens with one attached hydrogen (secondary N) is 3. The van der Waals surface area contributed by atoms with Gasteiger partial charge in [-0.15, -0.1) is 0 Å². The number of nitrogens with zero attached hydrogens (tertiary/aromatic N) is 1. The molecule has 1 aliphatic rings. The van der Waals surface area contributed by atoms with Crippen molar-refractivity contribution in [3.8, 4) is 0 Å². The molecule has 1 fully saturated rings. The van der Waals surface area contributed by atoms with Crippen LogP contribution in [0.15, 0.2) is 12.5 Å². The van der Waals surface area contributed by atoms with Gasteiger partial charge in [0.25, 0.3) is 0 Å². The summed E-state index contributed by atoms with van der Waals surface area (Å²) in [5, 5.41) is 5.48. The third kappa shape index (κ3) is 2.64. The Hall–Kier alpha value is -1.85. The van der Waals surface area contributed by atoms with E-state index in [0.717, 1.165) is 12.1 Å². The Morgan fingerprint density at radius 1 is 1.24 bits per heavy atom. The van der Waals surface area contributed by atoms with Crippen LogP contribution in [0, 0.1) is 0 Å². The largest absolute Gasteiger partial charge is 0.348 e. The zero-order chi connectivity index (χ0) is 12.3. The van der Waals surface area contributed by atoms with Crippen molar-refractivity contribution in [3.05, 3.63) is 18.2 Å². The van der Waals surface area contributed by atoms with Crippen molar-refractivity contribution in [3.63, 3.8) is 0 Å². The van der Waals surface area contributed by atoms with E-state index in [1.165, 1.54) is 0 Å². The highest BCUT2D eigenvalue weighted by molar-refractivity contribution is 5.96. The number of rotatable bonds is 4. The molecule has 17 heavy (non-hydrogen) atoms. The molecule has 1 aromatic rings. The Morgan fingerprint density at radius 2 is 1.94 bits per heavy atom. The molecule has 2 heterocycles. The quantitative estimate of drug-likeness (QED) is 0.673. The number of imidazole rings is 1. The lowest BCUT2D eigenvalue weighted by Crippen LogP contribution is -2.62. The second-order valence-corrected chi connectivity index (χ2v) is 4.19. The minimum absolute atomic E-state index is 0.101. The van der Waals surface area contributed by atoms with Gasteiger partial charge in [0.05, 0.1) is 6.33 Å². The molecule has 1 aliphatic heterocycles. The number of hydrogen-bond donors (Lipinski definition) is 3. The average molecular weight is 236 g/mol. The molecule has 0 saturated carbocycles. The molecule has 2 atom stereocenters. The lowest BCUT2D eigenvalue weighted by Gasteiger charge is -2.29. The first kappa shape index (κ1) is 11.6. The Labute approximate surface area is 99.2 Å². The minimum atomic E-state index is -0.504. The first-order valence-corrected chi connectivity index (χ1v) is 5.78. The van der Waals surface area contributed by atoms with E-state index < -0.39 is 6.04 Å². The first-order valence-electron chi connectivity index (χ1n) is 5.78. The van der Waals surface area contributed by atoms with E-state index in [2.05, 4.69) is 20.6 Å². The van der Waals surface area contributed by atoms with Gasteiger partial charge in [0, 0.05) is 18.3 Å². The number of aromatic amines is 1. The van der Waals surface area contributed by atoms with Crippen molar-refractivity contribution in [2.45, 2.75) is 38.3 Å². The molecule has 0 aromatic carbocycles. The lowest BCUT2D eigenvalue weighted by atomic mass is 10.0. The standard InChI is InChI=1S/C11H16N4O2/c1-2-3-8-10(16)15-9(11(17)14-8)4-7-5-12-6-13-7/h5-6,8-9H,2-4H2,1H3,(H,12,13)(H,14,17)(H,15,16). The molecule has 0 bridgehead atoms. The number of carbonyl (C=O) groups excluding carboxylic acids is 2. The number of piperazine rings is 1. The normalized spacial score (nSPS) is 24.3. The summed E-state index contributed by atoms with van der Waals surface area (Å²) in [6, 6.07) is -0.887. The van der Waals surface area contributed by atoms with Gasteiger partial charge in [0.1, 0.15) is 12.1 Å². The maximum atomic E-state index is 11.8. The monoisotopic (exact) mass is 236 g/mol. The zero-order valence-electron chi connectivity index (χ0n) is 9.69. The van der Waals surface area contributed by atoms with Gasteiger partial charge in [-0.3, -0.25) is 9.59 Å². The van der Waals surface area contributed by atoms with Gasteiger partial charge < -0.3 is 15.6 Å². The summed E-state index contributed by atoms with van der Waals surface area (Å²) in [5.74, 6) is -0.228. The third-order valence-electron chi connectivity index (χ3n) is 2.82. The van der Waals surface area contributed by atoms with Crippen molar-refractivity contribution < 1.29 is 9.59 Å². The topological polar surface area (TPSA) is 86.9 Å². The van der Waals surface area contributed by atoms with Crippen LogP contribution in [0.25, 0.3) is 0 Å². The highest BCUT2D eigenvalue weighted by Crippen LogP contribution is 2.07. The van der Waals surface area contributed by atoms with E-state index in [0.29, 0.717) is 12.8 Å². The van der Waals surface area contributed by atoms with E-state index in [1.807, 2.05) is 6.92 Å². The SMILES string of the molecule is CCCC1NC(=O)C(Cc2cnc[nH]2)NC1=O. The maximum absolute atomic E-state index is 11.8. The second kappa shape index (κ2) is 4.99. The molecule has 0 spiro atoms. The van der Waals surface area contributed by atoms with Crippen LogP contribution in [0.5, 0.6) is 0 Å². The molecule has 2 rings (SSSR count). The zero-order valence-corrected chi connectivity index (χ0v) is 9.69. The third-order valence-corrected chi connectivity index (χ3v) is 2.82. The van der Waals surface area contributed by atoms with Crippen LogP contribution in [0.4, 0.5) is 0 Å². The average Bonchev–Trinajstić information content (AvgIpc) is 2.78. The van der Waals surface area contributed by atoms with Crippen LogP contribution < -0.4 is 10.6 Å². The van der Waals surface area contributed by atoms with E-state index in [-0.39, 0.29) is 17.9 Å². The van der Waals surface area contributed by atoms with Crippen molar-refractivity contribution in [1.29, 1.82) is 0 Å². The molecule has 6 nitrogen and oxygen atoms in total. The number of aromatic nitrogens is 2. The smallest absolute Gasteiger partial charge is 0.243 e. The predicted molar refractivity (Wildman–Crippen MR) is 61.1 cm³/mol. The number of carbonyl (C=O) groups is 2. The molecule has 0 radical (unpaired) electrons. The fourth-order valence-electron chi connectivity index (χ4n) is 1.93. The van der Waals surface area contributed by atoms with E-state index in [4.69, 9.17) is 0 Å². The first-order chi connectivity index (χ1) is 8.20. The number of hydrogen-bond acceptors (Lipinski definition) is 3. The Kier molecular flexibility index (Phi) is 3.41. The van der Waals surface area contributed by atoms with E-state index in [9.17, 15) is 9.59 Å². The maximum Gasteiger partial charge on any atom is 0.243 e. The molecule has 1 aromatic heterocycles. The van der Waals surface area contributed by atoms with Crippen LogP contribution in [-0.2, 0) is 16.0 Å². The molecule has 6 heteroatoms. The van der Waals surface area contributed by atoms with Gasteiger partial charge in [0.15, 0.2) is 0 Å². The van der Waals surface area contributed by atoms with Gasteiger partial charge in [-0.05, 0) is 6.42 Å². The summed E-state index contributed by atoms with van der Waals surface area (Å²) >= 11 is 0. The second-order valence-electron chi connectivity index (χ2n) is 4.19. The summed E-state index contributed by atoms with van der Waals surface area (Å²) in [4.78, 5) is 30.3. The van der Waals surface area contributed by atoms with Gasteiger partial charge >= 0.3 is 0 Å². The van der Waals surface area contributed by atoms with E-state index >= 15 is 0 Å². The molecule has 0 aliphatic carbocycles. The van der Waals surface area contributed by atoms with Crippen molar-refractivity contribution >= 4 is 11.8 Å². The Morgan fingerprint density at radius 3 is 2.59 bits per heavy atom.